The number of ether oxygens (including phenoxy) is 1. The van der Waals surface area contributed by atoms with Gasteiger partial charge in [0.1, 0.15) is 12.7 Å². The zero-order valence-corrected chi connectivity index (χ0v) is 14.0. The quantitative estimate of drug-likeness (QED) is 0.675. The fraction of sp³-hybridized carbons (Fsp3) is 0.611. The normalized spacial score (nSPS) is 12.6. The number of aliphatic hydroxyl groups excluding tert-OH is 1. The van der Waals surface area contributed by atoms with E-state index in [9.17, 15) is 9.90 Å². The smallest absolute Gasteiger partial charge is 0.305 e. The molecule has 0 aromatic heterocycles. The Bertz CT molecular complexity index is 420. The minimum atomic E-state index is -0.650. The van der Waals surface area contributed by atoms with Gasteiger partial charge in [0, 0.05) is 26.1 Å². The Morgan fingerprint density at radius 1 is 1.23 bits per heavy atom. The van der Waals surface area contributed by atoms with Crippen molar-refractivity contribution in [3.05, 3.63) is 35.9 Å². The molecule has 1 N–H and O–H groups in total. The highest BCUT2D eigenvalue weighted by molar-refractivity contribution is 5.69. The first kappa shape index (κ1) is 18.7. The van der Waals surface area contributed by atoms with Crippen molar-refractivity contribution in [2.24, 2.45) is 5.92 Å². The van der Waals surface area contributed by atoms with E-state index in [2.05, 4.69) is 30.9 Å². The minimum absolute atomic E-state index is 0.0716. The summed E-state index contributed by atoms with van der Waals surface area (Å²) in [5, 5.41) is 10.1. The second-order valence-electron chi connectivity index (χ2n) is 6.16. The highest BCUT2D eigenvalue weighted by atomic mass is 16.5. The van der Waals surface area contributed by atoms with Gasteiger partial charge >= 0.3 is 5.97 Å². The van der Waals surface area contributed by atoms with Crippen LogP contribution < -0.4 is 0 Å². The molecule has 0 amide bonds. The van der Waals surface area contributed by atoms with Crippen molar-refractivity contribution >= 4 is 5.97 Å². The molecule has 1 rings (SSSR count). The number of benzene rings is 1. The SMILES string of the molecule is CCCC(=O)OCC(O)CN(Cc1ccccc1)CC(C)C. The standard InChI is InChI=1S/C18H29NO3/c1-4-8-18(21)22-14-17(20)13-19(11-15(2)3)12-16-9-6-5-7-10-16/h5-7,9-10,15,17,20H,4,8,11-14H2,1-3H3. The fourth-order valence-corrected chi connectivity index (χ4v) is 2.38. The van der Waals surface area contributed by atoms with Crippen LogP contribution in [0.1, 0.15) is 39.2 Å². The molecule has 0 saturated heterocycles. The average molecular weight is 307 g/mol. The van der Waals surface area contributed by atoms with Crippen LogP contribution in [0.25, 0.3) is 0 Å². The number of aliphatic hydroxyl groups is 1. The van der Waals surface area contributed by atoms with Crippen LogP contribution in [-0.2, 0) is 16.1 Å². The van der Waals surface area contributed by atoms with Crippen molar-refractivity contribution in [1.82, 2.24) is 4.90 Å². The Kier molecular flexibility index (Phi) is 8.78. The van der Waals surface area contributed by atoms with Gasteiger partial charge in [-0.3, -0.25) is 9.69 Å². The van der Waals surface area contributed by atoms with Crippen LogP contribution in [0, 0.1) is 5.92 Å². The summed E-state index contributed by atoms with van der Waals surface area (Å²) in [6.07, 6.45) is 0.526. The summed E-state index contributed by atoms with van der Waals surface area (Å²) in [5.74, 6) is 0.276. The summed E-state index contributed by atoms with van der Waals surface area (Å²) in [7, 11) is 0. The predicted octanol–water partition coefficient (Wildman–Crippen LogP) is 2.85. The van der Waals surface area contributed by atoms with Crippen LogP contribution in [0.3, 0.4) is 0 Å². The number of carbonyl (C=O) groups excluding carboxylic acids is 1. The third kappa shape index (κ3) is 8.15. The number of carbonyl (C=O) groups is 1. The summed E-state index contributed by atoms with van der Waals surface area (Å²) in [5.41, 5.74) is 1.22. The van der Waals surface area contributed by atoms with Gasteiger partial charge in [-0.15, -0.1) is 0 Å². The van der Waals surface area contributed by atoms with E-state index in [0.29, 0.717) is 18.9 Å². The lowest BCUT2D eigenvalue weighted by molar-refractivity contribution is -0.147. The summed E-state index contributed by atoms with van der Waals surface area (Å²) in [6.45, 7) is 8.52. The Balaban J connectivity index is 2.48. The van der Waals surface area contributed by atoms with Gasteiger partial charge in [-0.2, -0.15) is 0 Å². The van der Waals surface area contributed by atoms with E-state index >= 15 is 0 Å². The lowest BCUT2D eigenvalue weighted by atomic mass is 10.1. The summed E-state index contributed by atoms with van der Waals surface area (Å²) in [4.78, 5) is 13.6. The maximum Gasteiger partial charge on any atom is 0.305 e. The Morgan fingerprint density at radius 2 is 1.91 bits per heavy atom. The van der Waals surface area contributed by atoms with E-state index in [-0.39, 0.29) is 12.6 Å². The first-order chi connectivity index (χ1) is 10.5. The number of esters is 1. The summed E-state index contributed by atoms with van der Waals surface area (Å²) < 4.78 is 5.08. The van der Waals surface area contributed by atoms with Crippen molar-refractivity contribution in [3.8, 4) is 0 Å². The molecule has 1 aromatic carbocycles. The molecule has 4 nitrogen and oxygen atoms in total. The molecule has 0 aliphatic rings. The van der Waals surface area contributed by atoms with Gasteiger partial charge in [-0.1, -0.05) is 51.1 Å². The second kappa shape index (κ2) is 10.4. The Hall–Kier alpha value is -1.39. The van der Waals surface area contributed by atoms with Gasteiger partial charge in [0.05, 0.1) is 0 Å². The van der Waals surface area contributed by atoms with Gasteiger partial charge in [0.2, 0.25) is 0 Å². The van der Waals surface area contributed by atoms with E-state index in [0.717, 1.165) is 19.5 Å². The van der Waals surface area contributed by atoms with Gasteiger partial charge in [0.25, 0.3) is 0 Å². The lowest BCUT2D eigenvalue weighted by Crippen LogP contribution is -2.37. The number of hydrogen-bond acceptors (Lipinski definition) is 4. The largest absolute Gasteiger partial charge is 0.463 e. The first-order valence-electron chi connectivity index (χ1n) is 8.11. The van der Waals surface area contributed by atoms with Crippen molar-refractivity contribution in [2.45, 2.75) is 46.3 Å². The van der Waals surface area contributed by atoms with E-state index < -0.39 is 6.10 Å². The van der Waals surface area contributed by atoms with Gasteiger partial charge < -0.3 is 9.84 Å². The zero-order valence-electron chi connectivity index (χ0n) is 14.0. The van der Waals surface area contributed by atoms with E-state index in [1.807, 2.05) is 25.1 Å². The number of nitrogens with zero attached hydrogens (tertiary/aromatic N) is 1. The molecular weight excluding hydrogens is 278 g/mol. The summed E-state index contributed by atoms with van der Waals surface area (Å²) in [6, 6.07) is 10.2. The van der Waals surface area contributed by atoms with E-state index in [1.165, 1.54) is 5.56 Å². The Morgan fingerprint density at radius 3 is 2.50 bits per heavy atom. The highest BCUT2D eigenvalue weighted by Gasteiger charge is 2.15. The van der Waals surface area contributed by atoms with Crippen LogP contribution in [0.5, 0.6) is 0 Å². The van der Waals surface area contributed by atoms with Gasteiger partial charge in [-0.05, 0) is 17.9 Å². The molecule has 1 aromatic rings. The number of hydrogen-bond donors (Lipinski definition) is 1. The van der Waals surface area contributed by atoms with Crippen LogP contribution >= 0.6 is 0 Å². The molecule has 4 heteroatoms. The molecule has 0 spiro atoms. The van der Waals surface area contributed by atoms with Gasteiger partial charge in [-0.25, -0.2) is 0 Å². The average Bonchev–Trinajstić information content (AvgIpc) is 2.46. The van der Waals surface area contributed by atoms with Crippen molar-refractivity contribution in [3.63, 3.8) is 0 Å². The molecule has 1 unspecified atom stereocenters. The fourth-order valence-electron chi connectivity index (χ4n) is 2.38. The monoisotopic (exact) mass is 307 g/mol. The maximum absolute atomic E-state index is 11.4. The van der Waals surface area contributed by atoms with Crippen LogP contribution in [0.2, 0.25) is 0 Å². The maximum atomic E-state index is 11.4. The molecule has 124 valence electrons. The molecule has 0 heterocycles. The molecule has 22 heavy (non-hydrogen) atoms. The second-order valence-corrected chi connectivity index (χ2v) is 6.16. The molecule has 0 aliphatic carbocycles. The van der Waals surface area contributed by atoms with Gasteiger partial charge in [0.15, 0.2) is 0 Å². The lowest BCUT2D eigenvalue weighted by Gasteiger charge is -2.26. The molecule has 0 radical (unpaired) electrons. The Labute approximate surface area is 134 Å². The highest BCUT2D eigenvalue weighted by Crippen LogP contribution is 2.08. The van der Waals surface area contributed by atoms with Crippen LogP contribution in [-0.4, -0.2) is 41.8 Å². The molecular formula is C18H29NO3. The molecule has 0 saturated carbocycles. The molecule has 0 bridgehead atoms. The first-order valence-corrected chi connectivity index (χ1v) is 8.11. The molecule has 0 aliphatic heterocycles. The van der Waals surface area contributed by atoms with E-state index in [4.69, 9.17) is 4.74 Å². The summed E-state index contributed by atoms with van der Waals surface area (Å²) >= 11 is 0. The third-order valence-corrected chi connectivity index (χ3v) is 3.23. The number of rotatable bonds is 10. The molecule has 0 fully saturated rings. The van der Waals surface area contributed by atoms with Crippen LogP contribution in [0.15, 0.2) is 30.3 Å². The third-order valence-electron chi connectivity index (χ3n) is 3.23. The zero-order chi connectivity index (χ0) is 16.4. The minimum Gasteiger partial charge on any atom is -0.463 e. The van der Waals surface area contributed by atoms with Crippen LogP contribution in [0.4, 0.5) is 0 Å². The van der Waals surface area contributed by atoms with Crippen molar-refractivity contribution < 1.29 is 14.6 Å². The molecule has 1 atom stereocenters. The topological polar surface area (TPSA) is 49.8 Å². The van der Waals surface area contributed by atoms with Crippen molar-refractivity contribution in [1.29, 1.82) is 0 Å². The van der Waals surface area contributed by atoms with E-state index in [1.54, 1.807) is 0 Å². The van der Waals surface area contributed by atoms with Crippen molar-refractivity contribution in [2.75, 3.05) is 19.7 Å². The predicted molar refractivity (Wildman–Crippen MR) is 88.4 cm³/mol.